The molecule has 2 aromatic rings. The Hall–Kier alpha value is -1.88. The molecule has 4 heterocycles. The standard InChI is InChI=1S/C17H21N3O2/c1-12(21)15-10-13-14(22-15)4-5-16(18-13)20-9-7-17(11-20)6-3-8-19(17)2/h4-5,10H,3,6-9,11H2,1-2H3/t17-/m0/s1. The average Bonchev–Trinajstić information content (AvgIpc) is 3.19. The number of anilines is 1. The molecule has 1 spiro atoms. The van der Waals surface area contributed by atoms with Crippen LogP contribution in [0.2, 0.25) is 0 Å². The van der Waals surface area contributed by atoms with E-state index in [0.29, 0.717) is 16.9 Å². The summed E-state index contributed by atoms with van der Waals surface area (Å²) >= 11 is 0. The van der Waals surface area contributed by atoms with E-state index in [1.54, 1.807) is 6.07 Å². The van der Waals surface area contributed by atoms with Crippen molar-refractivity contribution in [2.24, 2.45) is 0 Å². The lowest BCUT2D eigenvalue weighted by atomic mass is 9.96. The van der Waals surface area contributed by atoms with Crippen LogP contribution in [0.15, 0.2) is 22.6 Å². The number of carbonyl (C=O) groups excluding carboxylic acids is 1. The van der Waals surface area contributed by atoms with Crippen molar-refractivity contribution in [2.45, 2.75) is 31.7 Å². The van der Waals surface area contributed by atoms with E-state index in [2.05, 4.69) is 16.8 Å². The lowest BCUT2D eigenvalue weighted by Crippen LogP contribution is -2.43. The number of rotatable bonds is 2. The highest BCUT2D eigenvalue weighted by Gasteiger charge is 2.44. The number of fused-ring (bicyclic) bond motifs is 1. The predicted molar refractivity (Wildman–Crippen MR) is 85.4 cm³/mol. The summed E-state index contributed by atoms with van der Waals surface area (Å²) in [7, 11) is 2.24. The minimum absolute atomic E-state index is 0.0627. The van der Waals surface area contributed by atoms with Crippen LogP contribution in [0.5, 0.6) is 0 Å². The Morgan fingerprint density at radius 2 is 2.18 bits per heavy atom. The first-order chi connectivity index (χ1) is 10.6. The molecule has 0 aliphatic carbocycles. The number of likely N-dealkylation sites (N-methyl/N-ethyl adjacent to an activating group) is 1. The van der Waals surface area contributed by atoms with Crippen LogP contribution in [0.4, 0.5) is 5.82 Å². The summed E-state index contributed by atoms with van der Waals surface area (Å²) in [5.41, 5.74) is 1.78. The highest BCUT2D eigenvalue weighted by Crippen LogP contribution is 2.38. The largest absolute Gasteiger partial charge is 0.451 e. The molecule has 22 heavy (non-hydrogen) atoms. The first-order valence-corrected chi connectivity index (χ1v) is 7.95. The second kappa shape index (κ2) is 4.81. The molecule has 2 fully saturated rings. The van der Waals surface area contributed by atoms with Gasteiger partial charge in [0.15, 0.2) is 17.1 Å². The highest BCUT2D eigenvalue weighted by atomic mass is 16.3. The van der Waals surface area contributed by atoms with Crippen LogP contribution in [-0.2, 0) is 0 Å². The summed E-state index contributed by atoms with van der Waals surface area (Å²) in [5, 5.41) is 0. The third kappa shape index (κ3) is 2.03. The van der Waals surface area contributed by atoms with Gasteiger partial charge in [-0.1, -0.05) is 0 Å². The van der Waals surface area contributed by atoms with Gasteiger partial charge in [0.2, 0.25) is 0 Å². The smallest absolute Gasteiger partial charge is 0.195 e. The van der Waals surface area contributed by atoms with E-state index in [9.17, 15) is 4.79 Å². The molecule has 0 amide bonds. The van der Waals surface area contributed by atoms with Gasteiger partial charge in [0, 0.05) is 31.6 Å². The molecule has 2 aromatic heterocycles. The maximum absolute atomic E-state index is 11.4. The van der Waals surface area contributed by atoms with Crippen LogP contribution in [0.3, 0.4) is 0 Å². The zero-order valence-electron chi connectivity index (χ0n) is 13.1. The summed E-state index contributed by atoms with van der Waals surface area (Å²) in [6.07, 6.45) is 3.77. The molecule has 2 aliphatic heterocycles. The second-order valence-corrected chi connectivity index (χ2v) is 6.64. The fourth-order valence-electron chi connectivity index (χ4n) is 3.90. The molecular formula is C17H21N3O2. The van der Waals surface area contributed by atoms with Gasteiger partial charge in [-0.2, -0.15) is 0 Å². The predicted octanol–water partition coefficient (Wildman–Crippen LogP) is 2.70. The van der Waals surface area contributed by atoms with Crippen molar-refractivity contribution in [3.8, 4) is 0 Å². The van der Waals surface area contributed by atoms with E-state index in [-0.39, 0.29) is 5.78 Å². The van der Waals surface area contributed by atoms with Crippen LogP contribution in [0.25, 0.3) is 11.1 Å². The molecule has 0 aromatic carbocycles. The summed E-state index contributed by atoms with van der Waals surface area (Å²) in [6.45, 7) is 4.79. The zero-order chi connectivity index (χ0) is 15.3. The van der Waals surface area contributed by atoms with Gasteiger partial charge in [-0.05, 0) is 45.0 Å². The van der Waals surface area contributed by atoms with Gasteiger partial charge in [-0.3, -0.25) is 9.69 Å². The number of hydrogen-bond acceptors (Lipinski definition) is 5. The quantitative estimate of drug-likeness (QED) is 0.798. The molecule has 0 N–H and O–H groups in total. The minimum atomic E-state index is -0.0627. The lowest BCUT2D eigenvalue weighted by Gasteiger charge is -2.32. The summed E-state index contributed by atoms with van der Waals surface area (Å²) in [4.78, 5) is 21.0. The summed E-state index contributed by atoms with van der Waals surface area (Å²) in [6, 6.07) is 5.67. The SMILES string of the molecule is CC(=O)c1cc2nc(N3CC[C@@]4(CCCN4C)C3)ccc2o1. The highest BCUT2D eigenvalue weighted by molar-refractivity contribution is 5.95. The molecule has 0 radical (unpaired) electrons. The van der Waals surface area contributed by atoms with Gasteiger partial charge >= 0.3 is 0 Å². The van der Waals surface area contributed by atoms with E-state index in [4.69, 9.17) is 9.40 Å². The molecule has 0 saturated carbocycles. The molecule has 0 unspecified atom stereocenters. The molecule has 5 nitrogen and oxygen atoms in total. The summed E-state index contributed by atoms with van der Waals surface area (Å²) in [5.74, 6) is 1.31. The van der Waals surface area contributed by atoms with Gasteiger partial charge in [-0.15, -0.1) is 0 Å². The maximum Gasteiger partial charge on any atom is 0.195 e. The Morgan fingerprint density at radius 3 is 2.91 bits per heavy atom. The van der Waals surface area contributed by atoms with Gasteiger partial charge < -0.3 is 9.32 Å². The number of carbonyl (C=O) groups is 1. The fraction of sp³-hybridized carbons (Fsp3) is 0.529. The molecule has 1 atom stereocenters. The lowest BCUT2D eigenvalue weighted by molar-refractivity contribution is 0.0989. The summed E-state index contributed by atoms with van der Waals surface area (Å²) < 4.78 is 5.52. The monoisotopic (exact) mass is 299 g/mol. The Labute approximate surface area is 129 Å². The third-order valence-corrected chi connectivity index (χ3v) is 5.31. The van der Waals surface area contributed by atoms with Crippen molar-refractivity contribution < 1.29 is 9.21 Å². The van der Waals surface area contributed by atoms with E-state index in [1.165, 1.54) is 32.7 Å². The number of aromatic nitrogens is 1. The molecule has 4 rings (SSSR count). The van der Waals surface area contributed by atoms with Crippen LogP contribution in [-0.4, -0.2) is 47.9 Å². The first-order valence-electron chi connectivity index (χ1n) is 7.95. The van der Waals surface area contributed by atoms with Crippen LogP contribution in [0, 0.1) is 0 Å². The number of Topliss-reactive ketones (excluding diaryl/α,β-unsaturated/α-hetero) is 1. The van der Waals surface area contributed by atoms with E-state index in [0.717, 1.165) is 24.4 Å². The number of hydrogen-bond donors (Lipinski definition) is 0. The van der Waals surface area contributed by atoms with Crippen LogP contribution in [0.1, 0.15) is 36.7 Å². The van der Waals surface area contributed by atoms with Crippen LogP contribution >= 0.6 is 0 Å². The Morgan fingerprint density at radius 1 is 1.32 bits per heavy atom. The number of pyridine rings is 1. The average molecular weight is 299 g/mol. The minimum Gasteiger partial charge on any atom is -0.451 e. The first kappa shape index (κ1) is 13.8. The van der Waals surface area contributed by atoms with Crippen LogP contribution < -0.4 is 4.90 Å². The molecule has 5 heteroatoms. The third-order valence-electron chi connectivity index (χ3n) is 5.31. The fourth-order valence-corrected chi connectivity index (χ4v) is 3.90. The maximum atomic E-state index is 11.4. The number of furan rings is 1. The molecular weight excluding hydrogens is 278 g/mol. The van der Waals surface area contributed by atoms with Crippen molar-refractivity contribution in [3.05, 3.63) is 24.0 Å². The van der Waals surface area contributed by atoms with Crippen molar-refractivity contribution in [2.75, 3.05) is 31.6 Å². The van der Waals surface area contributed by atoms with Crippen molar-refractivity contribution in [1.29, 1.82) is 0 Å². The number of nitrogens with zero attached hydrogens (tertiary/aromatic N) is 3. The van der Waals surface area contributed by atoms with E-state index < -0.39 is 0 Å². The Balaban J connectivity index is 1.63. The van der Waals surface area contributed by atoms with Crippen molar-refractivity contribution in [1.82, 2.24) is 9.88 Å². The zero-order valence-corrected chi connectivity index (χ0v) is 13.1. The van der Waals surface area contributed by atoms with Crippen molar-refractivity contribution in [3.63, 3.8) is 0 Å². The molecule has 2 aliphatic rings. The molecule has 2 saturated heterocycles. The Bertz CT molecular complexity index is 739. The number of likely N-dealkylation sites (tertiary alicyclic amines) is 1. The molecule has 116 valence electrons. The van der Waals surface area contributed by atoms with Gasteiger partial charge in [0.25, 0.3) is 0 Å². The second-order valence-electron chi connectivity index (χ2n) is 6.64. The van der Waals surface area contributed by atoms with Gasteiger partial charge in [0.05, 0.1) is 0 Å². The van der Waals surface area contributed by atoms with E-state index in [1.807, 2.05) is 12.1 Å². The molecule has 0 bridgehead atoms. The van der Waals surface area contributed by atoms with E-state index >= 15 is 0 Å². The Kier molecular flexibility index (Phi) is 3.01. The van der Waals surface area contributed by atoms with Gasteiger partial charge in [-0.25, -0.2) is 4.98 Å². The normalized spacial score (nSPS) is 25.6. The topological polar surface area (TPSA) is 49.6 Å². The van der Waals surface area contributed by atoms with Gasteiger partial charge in [0.1, 0.15) is 11.3 Å². The van der Waals surface area contributed by atoms with Crippen molar-refractivity contribution >= 4 is 22.7 Å². The number of ketones is 1.